The fourth-order valence-corrected chi connectivity index (χ4v) is 2.57. The van der Waals surface area contributed by atoms with Gasteiger partial charge in [-0.3, -0.25) is 4.98 Å². The summed E-state index contributed by atoms with van der Waals surface area (Å²) >= 11 is 1.70. The molecule has 1 aliphatic heterocycles. The number of ether oxygens (including phenoxy) is 1. The predicted octanol–water partition coefficient (Wildman–Crippen LogP) is 2.19. The molecule has 0 aliphatic carbocycles. The van der Waals surface area contributed by atoms with Crippen molar-refractivity contribution in [2.24, 2.45) is 0 Å². The Hall–Kier alpha value is -0.450. The van der Waals surface area contributed by atoms with Crippen LogP contribution in [0.2, 0.25) is 0 Å². The van der Waals surface area contributed by atoms with Crippen molar-refractivity contribution in [2.75, 3.05) is 6.61 Å². The maximum Gasteiger partial charge on any atom is 0.0794 e. The summed E-state index contributed by atoms with van der Waals surface area (Å²) in [7, 11) is 0. The van der Waals surface area contributed by atoms with Crippen molar-refractivity contribution in [3.8, 4) is 0 Å². The minimum absolute atomic E-state index is 0.419. The Morgan fingerprint density at radius 2 is 2.67 bits per heavy atom. The van der Waals surface area contributed by atoms with E-state index < -0.39 is 0 Å². The topological polar surface area (TPSA) is 34.2 Å². The molecule has 0 saturated carbocycles. The largest absolute Gasteiger partial charge is 0.377 e. The average molecular weight is 226 g/mol. The minimum Gasteiger partial charge on any atom is -0.377 e. The Kier molecular flexibility index (Phi) is 4.11. The first-order chi connectivity index (χ1) is 7.40. The van der Waals surface area contributed by atoms with Gasteiger partial charge in [0, 0.05) is 30.3 Å². The van der Waals surface area contributed by atoms with Crippen LogP contribution in [0, 0.1) is 0 Å². The van der Waals surface area contributed by atoms with Crippen LogP contribution in [0.3, 0.4) is 0 Å². The van der Waals surface area contributed by atoms with E-state index in [1.165, 1.54) is 17.7 Å². The Morgan fingerprint density at radius 3 is 3.27 bits per heavy atom. The number of nitrogens with zero attached hydrogens (tertiary/aromatic N) is 1. The van der Waals surface area contributed by atoms with Gasteiger partial charge in [-0.25, -0.2) is 0 Å². The zero-order valence-corrected chi connectivity index (χ0v) is 9.93. The number of aromatic nitrogens is 1. The van der Waals surface area contributed by atoms with E-state index >= 15 is 0 Å². The summed E-state index contributed by atoms with van der Waals surface area (Å²) in [5.74, 6) is 0. The van der Waals surface area contributed by atoms with Crippen LogP contribution in [0.5, 0.6) is 0 Å². The normalized spacial score (nSPS) is 23.1. The van der Waals surface area contributed by atoms with Crippen molar-refractivity contribution in [3.63, 3.8) is 0 Å². The molecule has 0 bridgehead atoms. The Bertz CT molecular complexity index is 270. The first kappa shape index (κ1) is 11.0. The highest BCUT2D eigenvalue weighted by Gasteiger charge is 2.23. The van der Waals surface area contributed by atoms with Crippen LogP contribution in [-0.4, -0.2) is 23.7 Å². The third-order valence-electron chi connectivity index (χ3n) is 2.88. The molecule has 1 fully saturated rings. The molecule has 2 unspecified atom stereocenters. The predicted molar refractivity (Wildman–Crippen MR) is 62.0 cm³/mol. The van der Waals surface area contributed by atoms with Gasteiger partial charge < -0.3 is 10.1 Å². The highest BCUT2D eigenvalue weighted by Crippen LogP contribution is 2.18. The van der Waals surface area contributed by atoms with Gasteiger partial charge in [0.15, 0.2) is 0 Å². The molecule has 2 heterocycles. The second-order valence-corrected chi connectivity index (χ2v) is 4.89. The Morgan fingerprint density at radius 1 is 1.73 bits per heavy atom. The van der Waals surface area contributed by atoms with Crippen molar-refractivity contribution in [1.29, 1.82) is 0 Å². The molecule has 0 radical (unpaired) electrons. The van der Waals surface area contributed by atoms with E-state index in [2.05, 4.69) is 17.2 Å². The van der Waals surface area contributed by atoms with Gasteiger partial charge >= 0.3 is 0 Å². The lowest BCUT2D eigenvalue weighted by molar-refractivity contribution is 0.0765. The van der Waals surface area contributed by atoms with Crippen LogP contribution in [0.25, 0.3) is 0 Å². The molecule has 2 rings (SSSR count). The van der Waals surface area contributed by atoms with Gasteiger partial charge in [0.25, 0.3) is 0 Å². The summed E-state index contributed by atoms with van der Waals surface area (Å²) < 4.78 is 5.70. The Balaban J connectivity index is 1.80. The van der Waals surface area contributed by atoms with E-state index in [1.807, 2.05) is 11.7 Å². The summed E-state index contributed by atoms with van der Waals surface area (Å²) in [5.41, 5.74) is 1.88. The van der Waals surface area contributed by atoms with E-state index in [9.17, 15) is 0 Å². The van der Waals surface area contributed by atoms with Crippen LogP contribution in [-0.2, 0) is 11.3 Å². The van der Waals surface area contributed by atoms with Gasteiger partial charge in [-0.1, -0.05) is 6.92 Å². The zero-order valence-electron chi connectivity index (χ0n) is 9.11. The molecular weight excluding hydrogens is 208 g/mol. The summed E-state index contributed by atoms with van der Waals surface area (Å²) in [4.78, 5) is 5.37. The lowest BCUT2D eigenvalue weighted by Gasteiger charge is -2.22. The molecule has 2 atom stereocenters. The molecule has 3 nitrogen and oxygen atoms in total. The molecule has 1 aromatic heterocycles. The van der Waals surface area contributed by atoms with Gasteiger partial charge in [0.1, 0.15) is 0 Å². The monoisotopic (exact) mass is 226 g/mol. The number of rotatable bonds is 5. The van der Waals surface area contributed by atoms with Gasteiger partial charge in [0.2, 0.25) is 0 Å². The fraction of sp³-hybridized carbons (Fsp3) is 0.727. The zero-order chi connectivity index (χ0) is 10.5. The fourth-order valence-electron chi connectivity index (χ4n) is 2.02. The van der Waals surface area contributed by atoms with Crippen LogP contribution in [0.1, 0.15) is 31.1 Å². The Labute approximate surface area is 94.9 Å². The molecule has 0 aromatic carbocycles. The highest BCUT2D eigenvalue weighted by atomic mass is 32.1. The van der Waals surface area contributed by atoms with Gasteiger partial charge in [-0.05, 0) is 19.3 Å². The van der Waals surface area contributed by atoms with E-state index in [4.69, 9.17) is 4.74 Å². The van der Waals surface area contributed by atoms with Crippen LogP contribution in [0.4, 0.5) is 0 Å². The van der Waals surface area contributed by atoms with E-state index in [0.717, 1.165) is 19.6 Å². The van der Waals surface area contributed by atoms with Gasteiger partial charge in [0.05, 0.1) is 11.6 Å². The van der Waals surface area contributed by atoms with Gasteiger partial charge in [-0.2, -0.15) is 0 Å². The molecule has 1 aliphatic rings. The van der Waals surface area contributed by atoms with Crippen molar-refractivity contribution in [2.45, 2.75) is 44.9 Å². The number of hydrogen-bond acceptors (Lipinski definition) is 4. The van der Waals surface area contributed by atoms with Crippen LogP contribution in [0.15, 0.2) is 11.7 Å². The second kappa shape index (κ2) is 5.58. The number of hydrogen-bond donors (Lipinski definition) is 1. The smallest absolute Gasteiger partial charge is 0.0794 e. The quantitative estimate of drug-likeness (QED) is 0.835. The summed E-state index contributed by atoms with van der Waals surface area (Å²) in [6.45, 7) is 4.07. The molecule has 4 heteroatoms. The number of nitrogens with one attached hydrogen (secondary N) is 1. The number of thiazole rings is 1. The summed E-state index contributed by atoms with van der Waals surface area (Å²) in [6, 6.07) is 0.495. The molecule has 1 N–H and O–H groups in total. The van der Waals surface area contributed by atoms with Crippen LogP contribution < -0.4 is 5.32 Å². The maximum absolute atomic E-state index is 5.70. The average Bonchev–Trinajstić information content (AvgIpc) is 2.90. The molecule has 1 saturated heterocycles. The molecule has 84 valence electrons. The molecule has 0 amide bonds. The first-order valence-electron chi connectivity index (χ1n) is 5.62. The second-order valence-electron chi connectivity index (χ2n) is 3.91. The van der Waals surface area contributed by atoms with Gasteiger partial charge in [-0.15, -0.1) is 11.3 Å². The molecule has 1 aromatic rings. The lowest BCUT2D eigenvalue weighted by atomic mass is 10.1. The lowest BCUT2D eigenvalue weighted by Crippen LogP contribution is -2.38. The van der Waals surface area contributed by atoms with Crippen LogP contribution >= 0.6 is 11.3 Å². The maximum atomic E-state index is 5.70. The van der Waals surface area contributed by atoms with Crippen molar-refractivity contribution in [1.82, 2.24) is 10.3 Å². The first-order valence-corrected chi connectivity index (χ1v) is 6.50. The van der Waals surface area contributed by atoms with Crippen molar-refractivity contribution in [3.05, 3.63) is 16.6 Å². The minimum atomic E-state index is 0.419. The van der Waals surface area contributed by atoms with E-state index in [-0.39, 0.29) is 0 Å². The standard InChI is InChI=1S/C11H18N2OS/c1-2-10(11-4-3-5-14-11)13-7-9-6-12-8-15-9/h6,8,10-11,13H,2-5,7H2,1H3. The van der Waals surface area contributed by atoms with Crippen molar-refractivity contribution >= 4 is 11.3 Å². The molecule has 0 spiro atoms. The van der Waals surface area contributed by atoms with Crippen molar-refractivity contribution < 1.29 is 4.74 Å². The SMILES string of the molecule is CCC(NCc1cncs1)C1CCCO1. The third-order valence-corrected chi connectivity index (χ3v) is 3.66. The molecule has 15 heavy (non-hydrogen) atoms. The van der Waals surface area contributed by atoms with E-state index in [1.54, 1.807) is 11.3 Å². The highest BCUT2D eigenvalue weighted by molar-refractivity contribution is 7.09. The third kappa shape index (κ3) is 3.00. The molecular formula is C11H18N2OS. The van der Waals surface area contributed by atoms with E-state index in [0.29, 0.717) is 12.1 Å². The summed E-state index contributed by atoms with van der Waals surface area (Å²) in [6.07, 6.45) is 5.89. The summed E-state index contributed by atoms with van der Waals surface area (Å²) in [5, 5.41) is 3.56.